The lowest BCUT2D eigenvalue weighted by Gasteiger charge is -2.13. The van der Waals surface area contributed by atoms with Crippen molar-refractivity contribution in [2.24, 2.45) is 0 Å². The molecule has 0 bridgehead atoms. The predicted octanol–water partition coefficient (Wildman–Crippen LogP) is 5.44. The summed E-state index contributed by atoms with van der Waals surface area (Å²) in [6, 6.07) is 18.4. The average Bonchev–Trinajstić information content (AvgIpc) is 2.92. The van der Waals surface area contributed by atoms with E-state index >= 15 is 0 Å². The summed E-state index contributed by atoms with van der Waals surface area (Å²) >= 11 is 6.80. The Kier molecular flexibility index (Phi) is 4.64. The van der Waals surface area contributed by atoms with Gasteiger partial charge in [-0.05, 0) is 58.4 Å². The minimum atomic E-state index is -0.377. The van der Waals surface area contributed by atoms with Gasteiger partial charge < -0.3 is 5.11 Å². The number of phenolic OH excluding ortho intramolecular Hbond substituents is 1. The molecule has 1 fully saturated rings. The molecule has 27 heavy (non-hydrogen) atoms. The van der Waals surface area contributed by atoms with E-state index in [1.807, 2.05) is 42.5 Å². The van der Waals surface area contributed by atoms with Gasteiger partial charge in [-0.3, -0.25) is 14.5 Å². The number of nitrogens with zero attached hydrogens (tertiary/aromatic N) is 1. The molecular formula is C21H14ClNO3S. The van der Waals surface area contributed by atoms with Crippen molar-refractivity contribution >= 4 is 51.4 Å². The average molecular weight is 396 g/mol. The maximum absolute atomic E-state index is 12.7. The van der Waals surface area contributed by atoms with E-state index in [4.69, 9.17) is 11.6 Å². The molecule has 0 aliphatic carbocycles. The highest BCUT2D eigenvalue weighted by Gasteiger charge is 2.35. The summed E-state index contributed by atoms with van der Waals surface area (Å²) in [5.41, 5.74) is 1.28. The third-order valence-electron chi connectivity index (χ3n) is 4.30. The fourth-order valence-corrected chi connectivity index (χ4v) is 3.95. The minimum Gasteiger partial charge on any atom is -0.507 e. The summed E-state index contributed by atoms with van der Waals surface area (Å²) in [7, 11) is 0. The second-order valence-corrected chi connectivity index (χ2v) is 7.58. The quantitative estimate of drug-likeness (QED) is 0.600. The maximum atomic E-state index is 12.7. The number of hydrogen-bond donors (Lipinski definition) is 1. The van der Waals surface area contributed by atoms with E-state index in [0.29, 0.717) is 10.6 Å². The van der Waals surface area contributed by atoms with E-state index in [0.717, 1.165) is 28.1 Å². The van der Waals surface area contributed by atoms with Crippen molar-refractivity contribution < 1.29 is 14.7 Å². The Hall–Kier alpha value is -2.76. The molecule has 1 saturated heterocycles. The molecule has 1 heterocycles. The highest BCUT2D eigenvalue weighted by atomic mass is 35.5. The van der Waals surface area contributed by atoms with Gasteiger partial charge in [0, 0.05) is 10.6 Å². The van der Waals surface area contributed by atoms with Crippen molar-refractivity contribution in [2.45, 2.75) is 6.54 Å². The third kappa shape index (κ3) is 3.56. The van der Waals surface area contributed by atoms with Gasteiger partial charge in [0.1, 0.15) is 5.75 Å². The Balaban J connectivity index is 1.60. The van der Waals surface area contributed by atoms with E-state index in [9.17, 15) is 14.7 Å². The first-order valence-electron chi connectivity index (χ1n) is 8.23. The van der Waals surface area contributed by atoms with Crippen LogP contribution in [0, 0.1) is 0 Å². The van der Waals surface area contributed by atoms with Crippen LogP contribution in [-0.4, -0.2) is 21.2 Å². The minimum absolute atomic E-state index is 0.000674. The van der Waals surface area contributed by atoms with Gasteiger partial charge in [-0.15, -0.1) is 0 Å². The molecule has 2 amide bonds. The molecular weight excluding hydrogens is 382 g/mol. The van der Waals surface area contributed by atoms with Crippen LogP contribution in [0.5, 0.6) is 5.75 Å². The number of carbonyl (C=O) groups excluding carboxylic acids is 2. The molecule has 1 aliphatic rings. The number of thioether (sulfide) groups is 1. The molecule has 0 aromatic heterocycles. The van der Waals surface area contributed by atoms with E-state index < -0.39 is 0 Å². The standard InChI is InChI=1S/C21H14ClNO3S/c22-17-7-8-18(24)16(10-17)11-19-20(25)23(21(26)27-19)12-13-5-6-14-3-1-2-4-15(14)9-13/h1-11,24H,12H2/b19-11-. The number of aromatic hydroxyl groups is 1. The zero-order valence-electron chi connectivity index (χ0n) is 14.1. The Morgan fingerprint density at radius 1 is 1.00 bits per heavy atom. The SMILES string of the molecule is O=C1S/C(=C\c2cc(Cl)ccc2O)C(=O)N1Cc1ccc2ccccc2c1. The molecule has 0 unspecified atom stereocenters. The number of phenols is 1. The van der Waals surface area contributed by atoms with Crippen LogP contribution in [0.3, 0.4) is 0 Å². The first-order chi connectivity index (χ1) is 13.0. The zero-order chi connectivity index (χ0) is 19.0. The molecule has 0 spiro atoms. The van der Waals surface area contributed by atoms with Crippen molar-refractivity contribution in [3.05, 3.63) is 81.7 Å². The van der Waals surface area contributed by atoms with E-state index in [1.54, 1.807) is 12.1 Å². The van der Waals surface area contributed by atoms with Gasteiger partial charge >= 0.3 is 0 Å². The number of rotatable bonds is 3. The number of fused-ring (bicyclic) bond motifs is 1. The predicted molar refractivity (Wildman–Crippen MR) is 109 cm³/mol. The topological polar surface area (TPSA) is 57.6 Å². The fraction of sp³-hybridized carbons (Fsp3) is 0.0476. The van der Waals surface area contributed by atoms with Crippen molar-refractivity contribution in [3.63, 3.8) is 0 Å². The summed E-state index contributed by atoms with van der Waals surface area (Å²) in [6.07, 6.45) is 1.49. The summed E-state index contributed by atoms with van der Waals surface area (Å²) in [6.45, 7) is 0.203. The van der Waals surface area contributed by atoms with Crippen LogP contribution < -0.4 is 0 Å². The fourth-order valence-electron chi connectivity index (χ4n) is 2.94. The van der Waals surface area contributed by atoms with Gasteiger partial charge in [-0.25, -0.2) is 0 Å². The van der Waals surface area contributed by atoms with Crippen molar-refractivity contribution in [2.75, 3.05) is 0 Å². The molecule has 0 atom stereocenters. The van der Waals surface area contributed by atoms with Gasteiger partial charge in [-0.2, -0.15) is 0 Å². The molecule has 0 saturated carbocycles. The van der Waals surface area contributed by atoms with Crippen LogP contribution in [-0.2, 0) is 11.3 Å². The maximum Gasteiger partial charge on any atom is 0.293 e. The van der Waals surface area contributed by atoms with Crippen LogP contribution in [0.4, 0.5) is 4.79 Å². The number of imide groups is 1. The first kappa shape index (κ1) is 17.6. The Bertz CT molecular complexity index is 1110. The van der Waals surface area contributed by atoms with Crippen LogP contribution in [0.15, 0.2) is 65.6 Å². The second kappa shape index (κ2) is 7.10. The number of carbonyl (C=O) groups is 2. The van der Waals surface area contributed by atoms with Crippen LogP contribution in [0.2, 0.25) is 5.02 Å². The molecule has 134 valence electrons. The van der Waals surface area contributed by atoms with Gasteiger partial charge in [0.15, 0.2) is 0 Å². The largest absolute Gasteiger partial charge is 0.507 e. The number of hydrogen-bond acceptors (Lipinski definition) is 4. The summed E-state index contributed by atoms with van der Waals surface area (Å²) in [4.78, 5) is 26.5. The van der Waals surface area contributed by atoms with Crippen LogP contribution >= 0.6 is 23.4 Å². The number of amides is 2. The van der Waals surface area contributed by atoms with Gasteiger partial charge in [-0.1, -0.05) is 48.0 Å². The molecule has 1 N–H and O–H groups in total. The Morgan fingerprint density at radius 2 is 1.78 bits per heavy atom. The second-order valence-electron chi connectivity index (χ2n) is 6.15. The lowest BCUT2D eigenvalue weighted by molar-refractivity contribution is -0.123. The van der Waals surface area contributed by atoms with E-state index in [1.165, 1.54) is 17.0 Å². The number of halogens is 1. The van der Waals surface area contributed by atoms with Crippen LogP contribution in [0.25, 0.3) is 16.8 Å². The summed E-state index contributed by atoms with van der Waals surface area (Å²) in [5.74, 6) is -0.377. The van der Waals surface area contributed by atoms with Crippen LogP contribution in [0.1, 0.15) is 11.1 Å². The van der Waals surface area contributed by atoms with Gasteiger partial charge in [0.2, 0.25) is 0 Å². The van der Waals surface area contributed by atoms with Crippen molar-refractivity contribution in [3.8, 4) is 5.75 Å². The normalized spacial score (nSPS) is 15.9. The summed E-state index contributed by atoms with van der Waals surface area (Å²) in [5, 5.41) is 12.2. The molecule has 6 heteroatoms. The molecule has 3 aromatic carbocycles. The van der Waals surface area contributed by atoms with E-state index in [2.05, 4.69) is 0 Å². The van der Waals surface area contributed by atoms with Crippen molar-refractivity contribution in [1.29, 1.82) is 0 Å². The highest BCUT2D eigenvalue weighted by molar-refractivity contribution is 8.18. The highest BCUT2D eigenvalue weighted by Crippen LogP contribution is 2.35. The van der Waals surface area contributed by atoms with Gasteiger partial charge in [0.25, 0.3) is 11.1 Å². The molecule has 3 aromatic rings. The number of benzene rings is 3. The smallest absolute Gasteiger partial charge is 0.293 e. The van der Waals surface area contributed by atoms with Gasteiger partial charge in [0.05, 0.1) is 11.4 Å². The third-order valence-corrected chi connectivity index (χ3v) is 5.45. The Labute approximate surface area is 165 Å². The van der Waals surface area contributed by atoms with E-state index in [-0.39, 0.29) is 28.3 Å². The summed E-state index contributed by atoms with van der Waals surface area (Å²) < 4.78 is 0. The zero-order valence-corrected chi connectivity index (χ0v) is 15.6. The molecule has 0 radical (unpaired) electrons. The molecule has 4 rings (SSSR count). The Morgan fingerprint density at radius 3 is 2.59 bits per heavy atom. The van der Waals surface area contributed by atoms with Crippen molar-refractivity contribution in [1.82, 2.24) is 4.90 Å². The lowest BCUT2D eigenvalue weighted by Crippen LogP contribution is -2.27. The monoisotopic (exact) mass is 395 g/mol. The molecule has 4 nitrogen and oxygen atoms in total. The lowest BCUT2D eigenvalue weighted by atomic mass is 10.1. The molecule has 1 aliphatic heterocycles. The first-order valence-corrected chi connectivity index (χ1v) is 9.42.